The summed E-state index contributed by atoms with van der Waals surface area (Å²) in [6.07, 6.45) is 3.43. The van der Waals surface area contributed by atoms with Crippen LogP contribution in [-0.4, -0.2) is 29.1 Å². The molecule has 4 nitrogen and oxygen atoms in total. The lowest BCUT2D eigenvalue weighted by Gasteiger charge is -2.29. The number of halogens is 1. The van der Waals surface area contributed by atoms with E-state index in [1.807, 2.05) is 6.92 Å². The quantitative estimate of drug-likeness (QED) is 0.912. The molecule has 0 aromatic carbocycles. The van der Waals surface area contributed by atoms with Crippen molar-refractivity contribution in [2.45, 2.75) is 26.2 Å². The second-order valence-corrected chi connectivity index (χ2v) is 5.13. The molecule has 1 aliphatic heterocycles. The standard InChI is InChI=1S/C12H15BrN2O2/c1-8-10(13)7-9(12(16)17)11(14-8)15-5-3-2-4-6-15/h7H,2-6H2,1H3,(H,16,17). The summed E-state index contributed by atoms with van der Waals surface area (Å²) in [6.45, 7) is 3.67. The molecule has 1 fully saturated rings. The molecule has 2 heterocycles. The summed E-state index contributed by atoms with van der Waals surface area (Å²) < 4.78 is 0.746. The van der Waals surface area contributed by atoms with Crippen LogP contribution in [0.1, 0.15) is 35.3 Å². The van der Waals surface area contributed by atoms with E-state index in [4.69, 9.17) is 0 Å². The highest BCUT2D eigenvalue weighted by molar-refractivity contribution is 9.10. The molecule has 1 aromatic heterocycles. The van der Waals surface area contributed by atoms with E-state index in [1.165, 1.54) is 6.42 Å². The zero-order valence-corrected chi connectivity index (χ0v) is 11.3. The third kappa shape index (κ3) is 2.60. The molecule has 0 radical (unpaired) electrons. The maximum Gasteiger partial charge on any atom is 0.339 e. The summed E-state index contributed by atoms with van der Waals surface area (Å²) in [7, 11) is 0. The molecule has 1 aromatic rings. The van der Waals surface area contributed by atoms with Crippen LogP contribution in [0.25, 0.3) is 0 Å². The number of piperidine rings is 1. The average molecular weight is 299 g/mol. The van der Waals surface area contributed by atoms with Crippen molar-refractivity contribution in [3.63, 3.8) is 0 Å². The van der Waals surface area contributed by atoms with Crippen molar-refractivity contribution in [1.82, 2.24) is 4.98 Å². The number of nitrogens with zero attached hydrogens (tertiary/aromatic N) is 2. The van der Waals surface area contributed by atoms with Gasteiger partial charge in [0.05, 0.1) is 5.69 Å². The molecule has 1 N–H and O–H groups in total. The fourth-order valence-corrected chi connectivity index (χ4v) is 2.39. The van der Waals surface area contributed by atoms with Gasteiger partial charge in [-0.2, -0.15) is 0 Å². The van der Waals surface area contributed by atoms with E-state index in [9.17, 15) is 9.90 Å². The number of hydrogen-bond donors (Lipinski definition) is 1. The first-order valence-electron chi connectivity index (χ1n) is 5.75. The van der Waals surface area contributed by atoms with Crippen molar-refractivity contribution in [3.05, 3.63) is 21.8 Å². The van der Waals surface area contributed by atoms with Gasteiger partial charge >= 0.3 is 5.97 Å². The fourth-order valence-electron chi connectivity index (χ4n) is 2.07. The molecule has 1 aliphatic rings. The third-order valence-corrected chi connectivity index (χ3v) is 3.82. The van der Waals surface area contributed by atoms with Gasteiger partial charge in [-0.25, -0.2) is 9.78 Å². The maximum atomic E-state index is 11.2. The van der Waals surface area contributed by atoms with Crippen LogP contribution < -0.4 is 4.90 Å². The van der Waals surface area contributed by atoms with E-state index in [-0.39, 0.29) is 5.56 Å². The van der Waals surface area contributed by atoms with Gasteiger partial charge in [-0.15, -0.1) is 0 Å². The van der Waals surface area contributed by atoms with Gasteiger partial charge in [-0.3, -0.25) is 0 Å². The van der Waals surface area contributed by atoms with Gasteiger partial charge in [0.1, 0.15) is 11.4 Å². The van der Waals surface area contributed by atoms with Gasteiger partial charge in [0, 0.05) is 17.6 Å². The maximum absolute atomic E-state index is 11.2. The Kier molecular flexibility index (Phi) is 3.66. The highest BCUT2D eigenvalue weighted by atomic mass is 79.9. The lowest BCUT2D eigenvalue weighted by atomic mass is 10.1. The van der Waals surface area contributed by atoms with Crippen LogP contribution in [0.3, 0.4) is 0 Å². The number of carbonyl (C=O) groups is 1. The first-order valence-corrected chi connectivity index (χ1v) is 6.54. The number of aromatic carboxylic acids is 1. The molecule has 5 heteroatoms. The van der Waals surface area contributed by atoms with E-state index in [1.54, 1.807) is 6.07 Å². The second kappa shape index (κ2) is 5.04. The normalized spacial score (nSPS) is 16.0. The van der Waals surface area contributed by atoms with Gasteiger partial charge in [0.15, 0.2) is 0 Å². The van der Waals surface area contributed by atoms with Crippen LogP contribution in [0.5, 0.6) is 0 Å². The number of rotatable bonds is 2. The van der Waals surface area contributed by atoms with Crippen molar-refractivity contribution in [1.29, 1.82) is 0 Å². The van der Waals surface area contributed by atoms with Crippen molar-refractivity contribution >= 4 is 27.7 Å². The average Bonchev–Trinajstić information content (AvgIpc) is 2.33. The van der Waals surface area contributed by atoms with Crippen molar-refractivity contribution in [2.24, 2.45) is 0 Å². The Morgan fingerprint density at radius 3 is 2.65 bits per heavy atom. The number of aromatic nitrogens is 1. The zero-order chi connectivity index (χ0) is 12.4. The van der Waals surface area contributed by atoms with Gasteiger partial charge in [0.2, 0.25) is 0 Å². The summed E-state index contributed by atoms with van der Waals surface area (Å²) >= 11 is 3.33. The van der Waals surface area contributed by atoms with Crippen LogP contribution in [0, 0.1) is 6.92 Å². The molecule has 17 heavy (non-hydrogen) atoms. The van der Waals surface area contributed by atoms with Gasteiger partial charge in [-0.05, 0) is 48.2 Å². The molecule has 2 rings (SSSR count). The summed E-state index contributed by atoms with van der Waals surface area (Å²) in [5.41, 5.74) is 1.11. The van der Waals surface area contributed by atoms with Crippen LogP contribution in [0.15, 0.2) is 10.5 Å². The van der Waals surface area contributed by atoms with Gasteiger partial charge < -0.3 is 10.0 Å². The zero-order valence-electron chi connectivity index (χ0n) is 9.74. The Hall–Kier alpha value is -1.10. The lowest BCUT2D eigenvalue weighted by Crippen LogP contribution is -2.31. The summed E-state index contributed by atoms with van der Waals surface area (Å²) in [6, 6.07) is 1.65. The Bertz CT molecular complexity index is 442. The topological polar surface area (TPSA) is 53.4 Å². The molecule has 0 bridgehead atoms. The van der Waals surface area contributed by atoms with Crippen molar-refractivity contribution < 1.29 is 9.90 Å². The Labute approximate surface area is 109 Å². The molecule has 1 saturated heterocycles. The fraction of sp³-hybridized carbons (Fsp3) is 0.500. The van der Waals surface area contributed by atoms with E-state index in [0.717, 1.165) is 36.1 Å². The van der Waals surface area contributed by atoms with Crippen LogP contribution >= 0.6 is 15.9 Å². The molecule has 0 atom stereocenters. The van der Waals surface area contributed by atoms with Gasteiger partial charge in [0.25, 0.3) is 0 Å². The predicted octanol–water partition coefficient (Wildman–Crippen LogP) is 2.84. The Morgan fingerprint density at radius 1 is 1.41 bits per heavy atom. The minimum absolute atomic E-state index is 0.282. The van der Waals surface area contributed by atoms with Crippen LogP contribution in [-0.2, 0) is 0 Å². The van der Waals surface area contributed by atoms with E-state index in [0.29, 0.717) is 5.82 Å². The van der Waals surface area contributed by atoms with Crippen molar-refractivity contribution in [2.75, 3.05) is 18.0 Å². The van der Waals surface area contributed by atoms with Crippen molar-refractivity contribution in [3.8, 4) is 0 Å². The second-order valence-electron chi connectivity index (χ2n) is 4.28. The molecule has 0 aliphatic carbocycles. The number of anilines is 1. The first-order chi connectivity index (χ1) is 8.09. The van der Waals surface area contributed by atoms with E-state index < -0.39 is 5.97 Å². The number of carboxylic acids is 1. The molecular weight excluding hydrogens is 284 g/mol. The number of hydrogen-bond acceptors (Lipinski definition) is 3. The highest BCUT2D eigenvalue weighted by Crippen LogP contribution is 2.26. The summed E-state index contributed by atoms with van der Waals surface area (Å²) in [4.78, 5) is 17.7. The number of pyridine rings is 1. The predicted molar refractivity (Wildman–Crippen MR) is 69.7 cm³/mol. The molecule has 0 unspecified atom stereocenters. The molecule has 0 spiro atoms. The summed E-state index contributed by atoms with van der Waals surface area (Å²) in [5.74, 6) is -0.309. The third-order valence-electron chi connectivity index (χ3n) is 3.02. The monoisotopic (exact) mass is 298 g/mol. The van der Waals surface area contributed by atoms with Crippen LogP contribution in [0.2, 0.25) is 0 Å². The smallest absolute Gasteiger partial charge is 0.339 e. The first kappa shape index (κ1) is 12.4. The van der Waals surface area contributed by atoms with E-state index >= 15 is 0 Å². The number of carboxylic acid groups (broad SMARTS) is 1. The lowest BCUT2D eigenvalue weighted by molar-refractivity contribution is 0.0697. The minimum atomic E-state index is -0.918. The van der Waals surface area contributed by atoms with Gasteiger partial charge in [-0.1, -0.05) is 0 Å². The Balaban J connectivity index is 2.42. The summed E-state index contributed by atoms with van der Waals surface area (Å²) in [5, 5.41) is 9.22. The largest absolute Gasteiger partial charge is 0.478 e. The number of aryl methyl sites for hydroxylation is 1. The molecule has 0 saturated carbocycles. The SMILES string of the molecule is Cc1nc(N2CCCCC2)c(C(=O)O)cc1Br. The Morgan fingerprint density at radius 2 is 2.06 bits per heavy atom. The molecule has 0 amide bonds. The molecular formula is C12H15BrN2O2. The minimum Gasteiger partial charge on any atom is -0.478 e. The highest BCUT2D eigenvalue weighted by Gasteiger charge is 2.20. The van der Waals surface area contributed by atoms with E-state index in [2.05, 4.69) is 25.8 Å². The molecule has 92 valence electrons. The van der Waals surface area contributed by atoms with Crippen LogP contribution in [0.4, 0.5) is 5.82 Å².